The number of benzene rings is 2. The molecular formula is C16H11BrN2OS. The summed E-state index contributed by atoms with van der Waals surface area (Å²) in [6.45, 7) is 0. The lowest BCUT2D eigenvalue weighted by molar-refractivity contribution is -0.115. The van der Waals surface area contributed by atoms with Crippen molar-refractivity contribution in [1.82, 2.24) is 5.32 Å². The molecule has 0 aliphatic carbocycles. The quantitative estimate of drug-likeness (QED) is 0.811. The molecule has 2 aromatic rings. The molecule has 3 rings (SSSR count). The average Bonchev–Trinajstić information content (AvgIpc) is 2.82. The molecule has 1 aliphatic rings. The second-order valence-electron chi connectivity index (χ2n) is 4.37. The third-order valence-electron chi connectivity index (χ3n) is 2.81. The van der Waals surface area contributed by atoms with Gasteiger partial charge in [-0.3, -0.25) is 4.79 Å². The zero-order valence-corrected chi connectivity index (χ0v) is 13.3. The van der Waals surface area contributed by atoms with Crippen LogP contribution in [0.15, 0.2) is 69.0 Å². The van der Waals surface area contributed by atoms with Crippen LogP contribution < -0.4 is 5.32 Å². The first kappa shape index (κ1) is 14.1. The molecule has 1 saturated heterocycles. The van der Waals surface area contributed by atoms with Gasteiger partial charge in [0.05, 0.1) is 10.6 Å². The lowest BCUT2D eigenvalue weighted by Gasteiger charge is -1.96. The van der Waals surface area contributed by atoms with Crippen LogP contribution in [0.25, 0.3) is 6.08 Å². The number of carbonyl (C=O) groups is 1. The first-order valence-electron chi connectivity index (χ1n) is 6.31. The number of hydrogen-bond acceptors (Lipinski definition) is 3. The van der Waals surface area contributed by atoms with Gasteiger partial charge in [-0.05, 0) is 47.7 Å². The van der Waals surface area contributed by atoms with Crippen molar-refractivity contribution in [1.29, 1.82) is 0 Å². The monoisotopic (exact) mass is 358 g/mol. The Hall–Kier alpha value is -1.85. The van der Waals surface area contributed by atoms with Crippen LogP contribution in [0.1, 0.15) is 5.56 Å². The molecule has 0 bridgehead atoms. The van der Waals surface area contributed by atoms with Crippen molar-refractivity contribution in [3.8, 4) is 0 Å². The molecule has 0 aromatic heterocycles. The highest BCUT2D eigenvalue weighted by atomic mass is 79.9. The van der Waals surface area contributed by atoms with Crippen LogP contribution in [0.4, 0.5) is 5.69 Å². The molecule has 1 N–H and O–H groups in total. The summed E-state index contributed by atoms with van der Waals surface area (Å²) in [6.07, 6.45) is 1.87. The molecule has 2 aromatic carbocycles. The molecule has 0 atom stereocenters. The first-order valence-corrected chi connectivity index (χ1v) is 7.92. The topological polar surface area (TPSA) is 41.5 Å². The van der Waals surface area contributed by atoms with Crippen molar-refractivity contribution in [2.45, 2.75) is 0 Å². The van der Waals surface area contributed by atoms with Gasteiger partial charge in [0.25, 0.3) is 5.91 Å². The van der Waals surface area contributed by atoms with Gasteiger partial charge in [-0.2, -0.15) is 0 Å². The van der Waals surface area contributed by atoms with Crippen LogP contribution in [0, 0.1) is 0 Å². The van der Waals surface area contributed by atoms with E-state index in [1.165, 1.54) is 11.8 Å². The molecule has 1 aliphatic heterocycles. The predicted molar refractivity (Wildman–Crippen MR) is 91.4 cm³/mol. The Labute approximate surface area is 135 Å². The van der Waals surface area contributed by atoms with Gasteiger partial charge in [0, 0.05) is 4.47 Å². The Morgan fingerprint density at radius 2 is 1.76 bits per heavy atom. The second kappa shape index (κ2) is 6.28. The number of nitrogens with one attached hydrogen (secondary N) is 1. The lowest BCUT2D eigenvalue weighted by atomic mass is 10.2. The van der Waals surface area contributed by atoms with Crippen molar-refractivity contribution in [3.63, 3.8) is 0 Å². The highest BCUT2D eigenvalue weighted by molar-refractivity contribution is 9.10. The summed E-state index contributed by atoms with van der Waals surface area (Å²) in [6, 6.07) is 17.4. The minimum atomic E-state index is -0.111. The van der Waals surface area contributed by atoms with Crippen LogP contribution in [-0.4, -0.2) is 11.1 Å². The van der Waals surface area contributed by atoms with E-state index in [0.29, 0.717) is 10.1 Å². The van der Waals surface area contributed by atoms with Gasteiger partial charge in [0.2, 0.25) is 0 Å². The van der Waals surface area contributed by atoms with Crippen molar-refractivity contribution < 1.29 is 4.79 Å². The molecule has 1 amide bonds. The number of rotatable bonds is 2. The normalized spacial score (nSPS) is 18.2. The first-order chi connectivity index (χ1) is 10.2. The molecule has 104 valence electrons. The molecule has 0 radical (unpaired) electrons. The minimum Gasteiger partial charge on any atom is -0.300 e. The molecular weight excluding hydrogens is 348 g/mol. The largest absolute Gasteiger partial charge is 0.300 e. The average molecular weight is 359 g/mol. The summed E-state index contributed by atoms with van der Waals surface area (Å²) in [5, 5.41) is 3.38. The summed E-state index contributed by atoms with van der Waals surface area (Å²) >= 11 is 4.73. The van der Waals surface area contributed by atoms with E-state index in [4.69, 9.17) is 0 Å². The highest BCUT2D eigenvalue weighted by Crippen LogP contribution is 2.28. The molecule has 0 spiro atoms. The van der Waals surface area contributed by atoms with E-state index in [0.717, 1.165) is 15.7 Å². The zero-order valence-electron chi connectivity index (χ0n) is 10.9. The third-order valence-corrected chi connectivity index (χ3v) is 4.24. The number of carbonyl (C=O) groups excluding carboxylic acids is 1. The van der Waals surface area contributed by atoms with Crippen molar-refractivity contribution in [2.24, 2.45) is 4.99 Å². The fraction of sp³-hybridized carbons (Fsp3) is 0. The highest BCUT2D eigenvalue weighted by Gasteiger charge is 2.23. The van der Waals surface area contributed by atoms with E-state index in [-0.39, 0.29) is 5.91 Å². The smallest absolute Gasteiger partial charge is 0.264 e. The summed E-state index contributed by atoms with van der Waals surface area (Å²) in [4.78, 5) is 17.0. The van der Waals surface area contributed by atoms with Crippen molar-refractivity contribution >= 4 is 50.5 Å². The molecule has 5 heteroatoms. The molecule has 1 fully saturated rings. The minimum absolute atomic E-state index is 0.111. The Morgan fingerprint density at radius 1 is 1.05 bits per heavy atom. The van der Waals surface area contributed by atoms with E-state index in [1.54, 1.807) is 0 Å². The summed E-state index contributed by atoms with van der Waals surface area (Å²) < 4.78 is 0.999. The van der Waals surface area contributed by atoms with E-state index in [9.17, 15) is 4.79 Å². The van der Waals surface area contributed by atoms with E-state index in [2.05, 4.69) is 26.2 Å². The number of aliphatic imine (C=N–C) groups is 1. The van der Waals surface area contributed by atoms with Gasteiger partial charge in [-0.25, -0.2) is 4.99 Å². The van der Waals surface area contributed by atoms with Gasteiger partial charge in [-0.1, -0.05) is 46.3 Å². The third kappa shape index (κ3) is 3.62. The van der Waals surface area contributed by atoms with E-state index < -0.39 is 0 Å². The van der Waals surface area contributed by atoms with Crippen LogP contribution in [0.5, 0.6) is 0 Å². The summed E-state index contributed by atoms with van der Waals surface area (Å²) in [5.41, 5.74) is 1.81. The number of hydrogen-bond donors (Lipinski definition) is 1. The van der Waals surface area contributed by atoms with E-state index in [1.807, 2.05) is 60.7 Å². The SMILES string of the molecule is O=C1NC(=Nc2ccc(Br)cc2)S/C1=C\c1ccccc1. The molecule has 21 heavy (non-hydrogen) atoms. The number of thioether (sulfide) groups is 1. The molecule has 0 saturated carbocycles. The van der Waals surface area contributed by atoms with Gasteiger partial charge in [0.1, 0.15) is 0 Å². The Kier molecular flexibility index (Phi) is 4.22. The maximum Gasteiger partial charge on any atom is 0.264 e. The van der Waals surface area contributed by atoms with Gasteiger partial charge in [-0.15, -0.1) is 0 Å². The van der Waals surface area contributed by atoms with Crippen LogP contribution >= 0.6 is 27.7 Å². The number of amides is 1. The fourth-order valence-corrected chi connectivity index (χ4v) is 2.92. The van der Waals surface area contributed by atoms with Crippen molar-refractivity contribution in [2.75, 3.05) is 0 Å². The van der Waals surface area contributed by atoms with Gasteiger partial charge >= 0.3 is 0 Å². The fourth-order valence-electron chi connectivity index (χ4n) is 1.81. The van der Waals surface area contributed by atoms with E-state index >= 15 is 0 Å². The standard InChI is InChI=1S/C16H11BrN2OS/c17-12-6-8-13(9-7-12)18-16-19-15(20)14(21-16)10-11-4-2-1-3-5-11/h1-10H,(H,18,19,20)/b14-10-. The zero-order chi connectivity index (χ0) is 14.7. The second-order valence-corrected chi connectivity index (χ2v) is 6.32. The van der Waals surface area contributed by atoms with Crippen LogP contribution in [0.3, 0.4) is 0 Å². The Balaban J connectivity index is 1.81. The maximum atomic E-state index is 11.9. The number of amidine groups is 1. The van der Waals surface area contributed by atoms with Crippen LogP contribution in [0.2, 0.25) is 0 Å². The van der Waals surface area contributed by atoms with Crippen molar-refractivity contribution in [3.05, 3.63) is 69.5 Å². The number of halogens is 1. The number of nitrogens with zero attached hydrogens (tertiary/aromatic N) is 1. The molecule has 0 unspecified atom stereocenters. The summed E-state index contributed by atoms with van der Waals surface area (Å²) in [5.74, 6) is -0.111. The Morgan fingerprint density at radius 3 is 2.48 bits per heavy atom. The van der Waals surface area contributed by atoms with Gasteiger partial charge < -0.3 is 5.32 Å². The molecule has 1 heterocycles. The maximum absolute atomic E-state index is 11.9. The Bertz CT molecular complexity index is 724. The molecule has 3 nitrogen and oxygen atoms in total. The summed E-state index contributed by atoms with van der Waals surface area (Å²) in [7, 11) is 0. The van der Waals surface area contributed by atoms with Crippen LogP contribution in [-0.2, 0) is 4.79 Å². The lowest BCUT2D eigenvalue weighted by Crippen LogP contribution is -2.19. The predicted octanol–water partition coefficient (Wildman–Crippen LogP) is 4.34. The van der Waals surface area contributed by atoms with Gasteiger partial charge in [0.15, 0.2) is 5.17 Å².